The number of ether oxygens (including phenoxy) is 1. The van der Waals surface area contributed by atoms with E-state index in [4.69, 9.17) is 4.74 Å². The second kappa shape index (κ2) is 10.3. The SMILES string of the molecule is C=CCCC1=C(C(=C/C)/N=C(C)/C=C\C(=C/C)OC)C(=O)N/C1=C/C. The lowest BCUT2D eigenvalue weighted by Gasteiger charge is -2.06. The highest BCUT2D eigenvalue weighted by molar-refractivity contribution is 6.05. The van der Waals surface area contributed by atoms with Crippen LogP contribution in [0.3, 0.4) is 0 Å². The molecule has 1 aliphatic heterocycles. The molecule has 0 atom stereocenters. The van der Waals surface area contributed by atoms with Crippen molar-refractivity contribution >= 4 is 11.6 Å². The summed E-state index contributed by atoms with van der Waals surface area (Å²) in [7, 11) is 1.63. The molecule has 0 spiro atoms. The molecule has 25 heavy (non-hydrogen) atoms. The maximum Gasteiger partial charge on any atom is 0.258 e. The molecule has 0 aliphatic carbocycles. The molecule has 0 aromatic carbocycles. The smallest absolute Gasteiger partial charge is 0.258 e. The third-order valence-corrected chi connectivity index (χ3v) is 3.82. The summed E-state index contributed by atoms with van der Waals surface area (Å²) in [5.41, 5.74) is 3.97. The van der Waals surface area contributed by atoms with Crippen LogP contribution in [0.25, 0.3) is 0 Å². The minimum Gasteiger partial charge on any atom is -0.497 e. The Morgan fingerprint density at radius 2 is 1.96 bits per heavy atom. The molecule has 1 heterocycles. The van der Waals surface area contributed by atoms with Gasteiger partial charge in [-0.1, -0.05) is 18.2 Å². The highest BCUT2D eigenvalue weighted by Gasteiger charge is 2.28. The van der Waals surface area contributed by atoms with Crippen molar-refractivity contribution in [3.63, 3.8) is 0 Å². The number of nitrogens with one attached hydrogen (secondary N) is 1. The van der Waals surface area contributed by atoms with Crippen molar-refractivity contribution < 1.29 is 9.53 Å². The summed E-state index contributed by atoms with van der Waals surface area (Å²) in [5.74, 6) is 0.657. The fourth-order valence-electron chi connectivity index (χ4n) is 2.53. The Hall–Kier alpha value is -2.62. The van der Waals surface area contributed by atoms with Crippen LogP contribution in [0.4, 0.5) is 0 Å². The van der Waals surface area contributed by atoms with Crippen LogP contribution in [0, 0.1) is 0 Å². The lowest BCUT2D eigenvalue weighted by Crippen LogP contribution is -2.17. The van der Waals surface area contributed by atoms with Gasteiger partial charge in [-0.2, -0.15) is 0 Å². The van der Waals surface area contributed by atoms with E-state index in [1.807, 2.05) is 64.2 Å². The molecule has 0 radical (unpaired) electrons. The van der Waals surface area contributed by atoms with E-state index in [9.17, 15) is 4.79 Å². The Bertz CT molecular complexity index is 701. The summed E-state index contributed by atoms with van der Waals surface area (Å²) in [6.07, 6.45) is 12.8. The first-order chi connectivity index (χ1) is 12.0. The first-order valence-corrected chi connectivity index (χ1v) is 8.44. The third-order valence-electron chi connectivity index (χ3n) is 3.82. The van der Waals surface area contributed by atoms with Gasteiger partial charge in [0.1, 0.15) is 5.76 Å². The fourth-order valence-corrected chi connectivity index (χ4v) is 2.53. The molecule has 1 N–H and O–H groups in total. The molecule has 0 bridgehead atoms. The summed E-state index contributed by atoms with van der Waals surface area (Å²) >= 11 is 0. The Labute approximate surface area is 151 Å². The van der Waals surface area contributed by atoms with Gasteiger partial charge in [0.15, 0.2) is 0 Å². The monoisotopic (exact) mass is 340 g/mol. The largest absolute Gasteiger partial charge is 0.497 e. The molecule has 4 nitrogen and oxygen atoms in total. The van der Waals surface area contributed by atoms with Crippen molar-refractivity contribution in [2.24, 2.45) is 4.99 Å². The fraction of sp³-hybridized carbons (Fsp3) is 0.333. The van der Waals surface area contributed by atoms with Gasteiger partial charge in [-0.3, -0.25) is 9.79 Å². The highest BCUT2D eigenvalue weighted by atomic mass is 16.5. The molecule has 1 rings (SSSR count). The van der Waals surface area contributed by atoms with Crippen LogP contribution in [0.1, 0.15) is 40.5 Å². The Balaban J connectivity index is 3.25. The van der Waals surface area contributed by atoms with Crippen LogP contribution in [0.5, 0.6) is 0 Å². The summed E-state index contributed by atoms with van der Waals surface area (Å²) in [6.45, 7) is 11.4. The van der Waals surface area contributed by atoms with Crippen molar-refractivity contribution in [1.29, 1.82) is 0 Å². The number of aliphatic imine (C=N–C) groups is 1. The van der Waals surface area contributed by atoms with Crippen molar-refractivity contribution in [1.82, 2.24) is 5.32 Å². The molecular weight excluding hydrogens is 312 g/mol. The first-order valence-electron chi connectivity index (χ1n) is 8.44. The number of hydrogen-bond acceptors (Lipinski definition) is 3. The second-order valence-electron chi connectivity index (χ2n) is 5.49. The number of allylic oxidation sites excluding steroid dienone is 7. The van der Waals surface area contributed by atoms with Gasteiger partial charge in [0.25, 0.3) is 5.91 Å². The molecule has 0 aromatic heterocycles. The normalized spacial score (nSPS) is 18.4. The van der Waals surface area contributed by atoms with Crippen molar-refractivity contribution in [3.05, 3.63) is 71.3 Å². The summed E-state index contributed by atoms with van der Waals surface area (Å²) in [4.78, 5) is 17.1. The maximum absolute atomic E-state index is 12.5. The molecule has 0 saturated carbocycles. The number of nitrogens with zero attached hydrogens (tertiary/aromatic N) is 1. The number of carbonyl (C=O) groups excluding carboxylic acids is 1. The number of amides is 1. The highest BCUT2D eigenvalue weighted by Crippen LogP contribution is 2.30. The van der Waals surface area contributed by atoms with E-state index >= 15 is 0 Å². The van der Waals surface area contributed by atoms with Gasteiger partial charge in [-0.15, -0.1) is 6.58 Å². The topological polar surface area (TPSA) is 50.7 Å². The standard InChI is InChI=1S/C21H28N2O2/c1-7-11-12-17-18(9-3)23-21(24)20(17)19(10-4)22-15(5)13-14-16(8-2)25-6/h7-10,13-14H,1,11-12H2,2-6H3,(H,23,24)/b14-13-,16-8+,18-9+,19-10-,22-15+. The molecule has 1 aliphatic rings. The van der Waals surface area contributed by atoms with Crippen molar-refractivity contribution in [2.45, 2.75) is 40.5 Å². The van der Waals surface area contributed by atoms with Crippen LogP contribution in [0.15, 0.2) is 76.3 Å². The predicted molar refractivity (Wildman–Crippen MR) is 105 cm³/mol. The average Bonchev–Trinajstić information content (AvgIpc) is 2.94. The zero-order valence-corrected chi connectivity index (χ0v) is 15.8. The van der Waals surface area contributed by atoms with Crippen LogP contribution in [0.2, 0.25) is 0 Å². The van der Waals surface area contributed by atoms with E-state index in [2.05, 4.69) is 16.9 Å². The number of hydrogen-bond donors (Lipinski definition) is 1. The van der Waals surface area contributed by atoms with Crippen LogP contribution < -0.4 is 5.32 Å². The zero-order chi connectivity index (χ0) is 18.8. The van der Waals surface area contributed by atoms with Gasteiger partial charge in [-0.25, -0.2) is 0 Å². The summed E-state index contributed by atoms with van der Waals surface area (Å²) < 4.78 is 5.20. The van der Waals surface area contributed by atoms with E-state index in [1.54, 1.807) is 7.11 Å². The molecular formula is C21H28N2O2. The van der Waals surface area contributed by atoms with Gasteiger partial charge in [-0.05, 0) is 64.3 Å². The van der Waals surface area contributed by atoms with Gasteiger partial charge in [0, 0.05) is 11.4 Å². The Kier molecular flexibility index (Phi) is 8.40. The molecule has 0 saturated heterocycles. The Morgan fingerprint density at radius 3 is 2.48 bits per heavy atom. The lowest BCUT2D eigenvalue weighted by molar-refractivity contribution is -0.116. The van der Waals surface area contributed by atoms with Crippen LogP contribution >= 0.6 is 0 Å². The average molecular weight is 340 g/mol. The van der Waals surface area contributed by atoms with E-state index in [1.165, 1.54) is 0 Å². The van der Waals surface area contributed by atoms with Crippen molar-refractivity contribution in [3.8, 4) is 0 Å². The summed E-state index contributed by atoms with van der Waals surface area (Å²) in [5, 5.41) is 2.93. The van der Waals surface area contributed by atoms with Crippen LogP contribution in [-0.2, 0) is 9.53 Å². The quantitative estimate of drug-likeness (QED) is 0.300. The molecule has 0 unspecified atom stereocenters. The molecule has 0 aromatic rings. The van der Waals surface area contributed by atoms with E-state index in [-0.39, 0.29) is 5.91 Å². The van der Waals surface area contributed by atoms with Gasteiger partial charge in [0.2, 0.25) is 0 Å². The van der Waals surface area contributed by atoms with Crippen LogP contribution in [-0.4, -0.2) is 18.7 Å². The van der Waals surface area contributed by atoms with Gasteiger partial charge < -0.3 is 10.1 Å². The minimum absolute atomic E-state index is 0.105. The number of carbonyl (C=O) groups is 1. The molecule has 134 valence electrons. The maximum atomic E-state index is 12.5. The summed E-state index contributed by atoms with van der Waals surface area (Å²) in [6, 6.07) is 0. The van der Waals surface area contributed by atoms with Crippen molar-refractivity contribution in [2.75, 3.05) is 7.11 Å². The molecule has 0 fully saturated rings. The minimum atomic E-state index is -0.105. The Morgan fingerprint density at radius 1 is 1.24 bits per heavy atom. The van der Waals surface area contributed by atoms with E-state index in [0.29, 0.717) is 11.3 Å². The number of methoxy groups -OCH3 is 1. The molecule has 4 heteroatoms. The van der Waals surface area contributed by atoms with E-state index in [0.717, 1.165) is 35.6 Å². The third kappa shape index (κ3) is 5.45. The first kappa shape index (κ1) is 20.4. The zero-order valence-electron chi connectivity index (χ0n) is 15.8. The van der Waals surface area contributed by atoms with E-state index < -0.39 is 0 Å². The second-order valence-corrected chi connectivity index (χ2v) is 5.49. The van der Waals surface area contributed by atoms with Gasteiger partial charge in [0.05, 0.1) is 18.4 Å². The number of rotatable bonds is 8. The van der Waals surface area contributed by atoms with Gasteiger partial charge >= 0.3 is 0 Å². The lowest BCUT2D eigenvalue weighted by atomic mass is 10.0. The molecule has 1 amide bonds. The predicted octanol–water partition coefficient (Wildman–Crippen LogP) is 4.75.